The van der Waals surface area contributed by atoms with Crippen molar-refractivity contribution < 1.29 is 0 Å². The van der Waals surface area contributed by atoms with Gasteiger partial charge in [0.25, 0.3) is 0 Å². The lowest BCUT2D eigenvalue weighted by atomic mass is 9.83. The number of allylic oxidation sites excluding steroid dienone is 2. The van der Waals surface area contributed by atoms with Crippen molar-refractivity contribution in [1.82, 2.24) is 0 Å². The predicted octanol–water partition coefficient (Wildman–Crippen LogP) is 5.21. The molecule has 0 aliphatic heterocycles. The van der Waals surface area contributed by atoms with Gasteiger partial charge in [0, 0.05) is 12.8 Å². The van der Waals surface area contributed by atoms with E-state index in [9.17, 15) is 0 Å². The average Bonchev–Trinajstić information content (AvgIpc) is 2.30. The van der Waals surface area contributed by atoms with Gasteiger partial charge in [0.2, 0.25) is 0 Å². The van der Waals surface area contributed by atoms with Gasteiger partial charge in [0.1, 0.15) is 12.9 Å². The van der Waals surface area contributed by atoms with Crippen molar-refractivity contribution >= 4 is 127 Å². The summed E-state index contributed by atoms with van der Waals surface area (Å²) in [7, 11) is 0. The zero-order chi connectivity index (χ0) is 19.7. The van der Waals surface area contributed by atoms with E-state index in [1.54, 1.807) is 0 Å². The van der Waals surface area contributed by atoms with Crippen molar-refractivity contribution in [2.75, 3.05) is 0 Å². The van der Waals surface area contributed by atoms with Crippen LogP contribution < -0.4 is 22.9 Å². The first-order valence-corrected chi connectivity index (χ1v) is 13.3. The van der Waals surface area contributed by atoms with Crippen LogP contribution in [0.1, 0.15) is 19.3 Å². The molecule has 8 N–H and O–H groups in total. The van der Waals surface area contributed by atoms with Crippen LogP contribution in [0.3, 0.4) is 0 Å². The van der Waals surface area contributed by atoms with Crippen molar-refractivity contribution in [2.45, 2.75) is 43.5 Å². The Hall–Kier alpha value is 3.16. The van der Waals surface area contributed by atoms with Gasteiger partial charge in [0.05, 0.1) is 11.3 Å². The Morgan fingerprint density at radius 2 is 0.920 bits per heavy atom. The fourth-order valence-corrected chi connectivity index (χ4v) is 7.22. The van der Waals surface area contributed by atoms with Crippen LogP contribution in [0, 0.1) is 0 Å². The van der Waals surface area contributed by atoms with Crippen LogP contribution in [0.2, 0.25) is 0 Å². The van der Waals surface area contributed by atoms with E-state index in [0.717, 1.165) is 11.1 Å². The van der Waals surface area contributed by atoms with Crippen LogP contribution >= 0.6 is 127 Å². The van der Waals surface area contributed by atoms with Gasteiger partial charge >= 0.3 is 0 Å². The summed E-state index contributed by atoms with van der Waals surface area (Å²) in [4.78, 5) is 0. The molecule has 0 aromatic heterocycles. The summed E-state index contributed by atoms with van der Waals surface area (Å²) in [5, 5.41) is 0. The Morgan fingerprint density at radius 1 is 0.640 bits per heavy atom. The van der Waals surface area contributed by atoms with Crippen LogP contribution in [-0.4, -0.2) is 24.3 Å². The van der Waals surface area contributed by atoms with E-state index in [-0.39, 0.29) is 0 Å². The van der Waals surface area contributed by atoms with Gasteiger partial charge in [0.15, 0.2) is 0 Å². The lowest BCUT2D eigenvalue weighted by molar-refractivity contribution is 0.383. The zero-order valence-corrected chi connectivity index (χ0v) is 25.3. The maximum absolute atomic E-state index is 6.26. The van der Waals surface area contributed by atoms with Gasteiger partial charge in [-0.2, -0.15) is 0 Å². The molecule has 2 aliphatic rings. The number of alkyl halides is 8. The maximum Gasteiger partial charge on any atom is 0.130 e. The summed E-state index contributed by atoms with van der Waals surface area (Å²) < 4.78 is -2.52. The van der Waals surface area contributed by atoms with Crippen molar-refractivity contribution in [2.24, 2.45) is 22.9 Å². The van der Waals surface area contributed by atoms with Crippen molar-refractivity contribution in [3.63, 3.8) is 0 Å². The number of hydrogen-bond acceptors (Lipinski definition) is 4. The molecule has 0 aromatic rings. The SMILES string of the molecule is NC1(N)CC(Br)(Br)C(CC2=CC(Br)(Br)C(N)(N)CC2(Br)Br)=CC1(Br)Br. The highest BCUT2D eigenvalue weighted by molar-refractivity contribution is 9.26. The molecule has 0 saturated carbocycles. The second kappa shape index (κ2) is 7.39. The van der Waals surface area contributed by atoms with Gasteiger partial charge in [-0.3, -0.25) is 0 Å². The monoisotopic (exact) mass is 859 g/mol. The van der Waals surface area contributed by atoms with E-state index < -0.39 is 24.3 Å². The molecule has 0 radical (unpaired) electrons. The van der Waals surface area contributed by atoms with Crippen LogP contribution in [0.15, 0.2) is 23.3 Å². The Labute approximate surface area is 214 Å². The topological polar surface area (TPSA) is 104 Å². The Kier molecular flexibility index (Phi) is 7.22. The maximum atomic E-state index is 6.26. The first kappa shape index (κ1) is 24.4. The lowest BCUT2D eigenvalue weighted by Gasteiger charge is -2.48. The summed E-state index contributed by atoms with van der Waals surface area (Å²) in [5.74, 6) is 0. The van der Waals surface area contributed by atoms with Crippen molar-refractivity contribution in [3.05, 3.63) is 23.3 Å². The van der Waals surface area contributed by atoms with Crippen molar-refractivity contribution in [3.8, 4) is 0 Å². The molecule has 0 saturated heterocycles. The molecule has 0 bridgehead atoms. The van der Waals surface area contributed by atoms with Crippen LogP contribution in [-0.2, 0) is 0 Å². The molecule has 0 aromatic carbocycles. The summed E-state index contributed by atoms with van der Waals surface area (Å²) >= 11 is 29.2. The zero-order valence-electron chi connectivity index (χ0n) is 12.6. The molecule has 25 heavy (non-hydrogen) atoms. The Balaban J connectivity index is 2.47. The summed E-state index contributed by atoms with van der Waals surface area (Å²) in [5.41, 5.74) is 25.1. The smallest absolute Gasteiger partial charge is 0.130 e. The van der Waals surface area contributed by atoms with E-state index >= 15 is 0 Å². The third kappa shape index (κ3) is 4.91. The third-order valence-electron chi connectivity index (χ3n) is 4.30. The summed E-state index contributed by atoms with van der Waals surface area (Å²) in [6, 6.07) is 0. The number of halogens is 8. The lowest BCUT2D eigenvalue weighted by Crippen LogP contribution is -2.65. The van der Waals surface area contributed by atoms with Gasteiger partial charge < -0.3 is 22.9 Å². The first-order valence-electron chi connectivity index (χ1n) is 6.94. The fourth-order valence-electron chi connectivity index (χ4n) is 2.68. The third-order valence-corrected chi connectivity index (χ3v) is 11.3. The molecule has 0 fully saturated rings. The molecule has 2 rings (SSSR count). The minimum atomic E-state index is -0.997. The molecule has 0 amide bonds. The predicted molar refractivity (Wildman–Crippen MR) is 135 cm³/mol. The second-order valence-electron chi connectivity index (χ2n) is 6.61. The molecular formula is C13H16Br8N4. The highest BCUT2D eigenvalue weighted by Gasteiger charge is 2.55. The number of rotatable bonds is 2. The second-order valence-corrected chi connectivity index (χ2v) is 21.3. The largest absolute Gasteiger partial charge is 0.311 e. The van der Waals surface area contributed by atoms with E-state index in [2.05, 4.69) is 127 Å². The number of hydrogen-bond donors (Lipinski definition) is 4. The molecule has 0 atom stereocenters. The quantitative estimate of drug-likeness (QED) is 0.174. The molecule has 4 nitrogen and oxygen atoms in total. The van der Waals surface area contributed by atoms with Crippen molar-refractivity contribution in [1.29, 1.82) is 0 Å². The highest BCUT2D eigenvalue weighted by Crippen LogP contribution is 2.58. The normalized spacial score (nSPS) is 31.0. The highest BCUT2D eigenvalue weighted by atomic mass is 79.9. The molecular weight excluding hydrogens is 851 g/mol. The summed E-state index contributed by atoms with van der Waals surface area (Å²) in [6.07, 6.45) is 5.50. The van der Waals surface area contributed by atoms with E-state index in [1.165, 1.54) is 0 Å². The van der Waals surface area contributed by atoms with Gasteiger partial charge in [-0.1, -0.05) is 140 Å². The number of nitrogens with two attached hydrogens (primary N) is 4. The van der Waals surface area contributed by atoms with Gasteiger partial charge in [-0.25, -0.2) is 0 Å². The minimum absolute atomic E-state index is 0.457. The molecule has 12 heteroatoms. The standard InChI is InChI=1S/C13H16Br8N4/c14-8(15)4-12(22,23)10(18,19)2-6(8)1-7-3-11(20,21)13(24,25)5-9(7,16)17/h2-3H,1,4-5,22-25H2. The van der Waals surface area contributed by atoms with E-state index in [0.29, 0.717) is 19.3 Å². The van der Waals surface area contributed by atoms with Crippen LogP contribution in [0.5, 0.6) is 0 Å². The first-order chi connectivity index (χ1) is 10.8. The van der Waals surface area contributed by atoms with E-state index in [1.807, 2.05) is 12.2 Å². The average molecular weight is 868 g/mol. The summed E-state index contributed by atoms with van der Waals surface area (Å²) in [6.45, 7) is 0. The van der Waals surface area contributed by atoms with Gasteiger partial charge in [-0.15, -0.1) is 0 Å². The van der Waals surface area contributed by atoms with E-state index in [4.69, 9.17) is 22.9 Å². The molecule has 0 unspecified atom stereocenters. The van der Waals surface area contributed by atoms with Gasteiger partial charge in [-0.05, 0) is 17.6 Å². The molecule has 0 heterocycles. The van der Waals surface area contributed by atoms with Crippen LogP contribution in [0.25, 0.3) is 0 Å². The molecule has 0 spiro atoms. The molecule has 144 valence electrons. The van der Waals surface area contributed by atoms with Crippen LogP contribution in [0.4, 0.5) is 0 Å². The molecule has 2 aliphatic carbocycles. The minimum Gasteiger partial charge on any atom is -0.311 e. The fraction of sp³-hybridized carbons (Fsp3) is 0.692. The Bertz CT molecular complexity index is 582. The Morgan fingerprint density at radius 3 is 1.20 bits per heavy atom.